The molecule has 8 nitrogen and oxygen atoms in total. The number of likely N-dealkylation sites (N-methyl/N-ethyl adjacent to an activating group) is 1. The molecule has 1 aromatic heterocycles. The van der Waals surface area contributed by atoms with Gasteiger partial charge in [-0.15, -0.1) is 11.3 Å². The van der Waals surface area contributed by atoms with E-state index in [9.17, 15) is 9.59 Å². The van der Waals surface area contributed by atoms with Crippen LogP contribution in [0.5, 0.6) is 0 Å². The predicted octanol–water partition coefficient (Wildman–Crippen LogP) is 1.26. The standard InChI is InChI=1S/C22H29N5O3S/c1-25-8-10-27(11-9-25)22(29)18-4-2-17(3-5-18)21-24-16-19(31-21)20(28)23-6-7-26-12-14-30-15-13-26/h2-5,16H,6-15H2,1H3,(H,23,28). The Morgan fingerprint density at radius 3 is 2.48 bits per heavy atom. The second-order valence-electron chi connectivity index (χ2n) is 7.91. The highest BCUT2D eigenvalue weighted by Crippen LogP contribution is 2.25. The van der Waals surface area contributed by atoms with Crippen LogP contribution < -0.4 is 5.32 Å². The highest BCUT2D eigenvalue weighted by Gasteiger charge is 2.20. The van der Waals surface area contributed by atoms with Gasteiger partial charge in [-0.25, -0.2) is 4.98 Å². The fourth-order valence-corrected chi connectivity index (χ4v) is 4.54. The van der Waals surface area contributed by atoms with Gasteiger partial charge in [-0.3, -0.25) is 14.5 Å². The lowest BCUT2D eigenvalue weighted by atomic mass is 10.1. The third-order valence-corrected chi connectivity index (χ3v) is 6.76. The first-order valence-corrected chi connectivity index (χ1v) is 11.5. The molecule has 2 aliphatic rings. The van der Waals surface area contributed by atoms with Crippen molar-refractivity contribution in [2.24, 2.45) is 0 Å². The lowest BCUT2D eigenvalue weighted by Gasteiger charge is -2.32. The van der Waals surface area contributed by atoms with Gasteiger partial charge >= 0.3 is 0 Å². The van der Waals surface area contributed by atoms with Crippen molar-refractivity contribution in [2.45, 2.75) is 0 Å². The smallest absolute Gasteiger partial charge is 0.263 e. The third kappa shape index (κ3) is 5.68. The van der Waals surface area contributed by atoms with Crippen molar-refractivity contribution in [2.75, 3.05) is 72.6 Å². The maximum Gasteiger partial charge on any atom is 0.263 e. The molecule has 2 saturated heterocycles. The molecule has 0 radical (unpaired) electrons. The van der Waals surface area contributed by atoms with Crippen molar-refractivity contribution in [3.05, 3.63) is 40.9 Å². The van der Waals surface area contributed by atoms with E-state index < -0.39 is 0 Å². The van der Waals surface area contributed by atoms with Gasteiger partial charge in [-0.05, 0) is 19.2 Å². The predicted molar refractivity (Wildman–Crippen MR) is 121 cm³/mol. The number of aromatic nitrogens is 1. The number of amides is 2. The molecule has 3 heterocycles. The number of ether oxygens (including phenoxy) is 1. The van der Waals surface area contributed by atoms with Crippen molar-refractivity contribution >= 4 is 23.2 Å². The van der Waals surface area contributed by atoms with Gasteiger partial charge in [0.25, 0.3) is 11.8 Å². The Hall–Kier alpha value is -2.33. The lowest BCUT2D eigenvalue weighted by molar-refractivity contribution is 0.0383. The van der Waals surface area contributed by atoms with Crippen LogP contribution >= 0.6 is 11.3 Å². The maximum atomic E-state index is 12.7. The van der Waals surface area contributed by atoms with E-state index in [1.165, 1.54) is 11.3 Å². The summed E-state index contributed by atoms with van der Waals surface area (Å²) in [5, 5.41) is 3.74. The Balaban J connectivity index is 1.31. The van der Waals surface area contributed by atoms with E-state index >= 15 is 0 Å². The number of hydrogen-bond donors (Lipinski definition) is 1. The summed E-state index contributed by atoms with van der Waals surface area (Å²) in [6.07, 6.45) is 1.62. The van der Waals surface area contributed by atoms with Crippen LogP contribution in [-0.2, 0) is 4.74 Å². The topological polar surface area (TPSA) is 78.0 Å². The van der Waals surface area contributed by atoms with Crippen LogP contribution in [0.4, 0.5) is 0 Å². The molecule has 0 unspecified atom stereocenters. The van der Waals surface area contributed by atoms with Crippen molar-refractivity contribution in [3.8, 4) is 10.6 Å². The average Bonchev–Trinajstić information content (AvgIpc) is 3.30. The van der Waals surface area contributed by atoms with Gasteiger partial charge in [0.2, 0.25) is 0 Å². The number of nitrogens with one attached hydrogen (secondary N) is 1. The monoisotopic (exact) mass is 443 g/mol. The lowest BCUT2D eigenvalue weighted by Crippen LogP contribution is -2.47. The zero-order chi connectivity index (χ0) is 21.6. The van der Waals surface area contributed by atoms with Crippen molar-refractivity contribution < 1.29 is 14.3 Å². The van der Waals surface area contributed by atoms with Crippen LogP contribution in [0.3, 0.4) is 0 Å². The molecule has 0 aliphatic carbocycles. The Kier molecular flexibility index (Phi) is 7.29. The van der Waals surface area contributed by atoms with Crippen LogP contribution in [0.25, 0.3) is 10.6 Å². The first-order valence-electron chi connectivity index (χ1n) is 10.7. The molecule has 0 spiro atoms. The molecule has 2 aliphatic heterocycles. The van der Waals surface area contributed by atoms with Gasteiger partial charge in [-0.1, -0.05) is 12.1 Å². The second-order valence-corrected chi connectivity index (χ2v) is 8.94. The van der Waals surface area contributed by atoms with Crippen molar-refractivity contribution in [1.82, 2.24) is 25.0 Å². The number of thiazole rings is 1. The third-order valence-electron chi connectivity index (χ3n) is 5.72. The SMILES string of the molecule is CN1CCN(C(=O)c2ccc(-c3ncc(C(=O)NCCN4CCOCC4)s3)cc2)CC1. The van der Waals surface area contributed by atoms with Gasteiger partial charge in [0.15, 0.2) is 0 Å². The summed E-state index contributed by atoms with van der Waals surface area (Å²) in [6.45, 7) is 8.08. The molecule has 2 amide bonds. The van der Waals surface area contributed by atoms with E-state index in [-0.39, 0.29) is 11.8 Å². The Labute approximate surface area is 186 Å². The highest BCUT2D eigenvalue weighted by molar-refractivity contribution is 7.16. The summed E-state index contributed by atoms with van der Waals surface area (Å²) >= 11 is 1.37. The fourth-order valence-electron chi connectivity index (χ4n) is 3.70. The average molecular weight is 444 g/mol. The Bertz CT molecular complexity index is 887. The minimum Gasteiger partial charge on any atom is -0.379 e. The van der Waals surface area contributed by atoms with Crippen molar-refractivity contribution in [3.63, 3.8) is 0 Å². The Morgan fingerprint density at radius 2 is 1.77 bits per heavy atom. The molecular weight excluding hydrogens is 414 g/mol. The highest BCUT2D eigenvalue weighted by atomic mass is 32.1. The van der Waals surface area contributed by atoms with Crippen LogP contribution in [0.1, 0.15) is 20.0 Å². The number of benzene rings is 1. The molecule has 0 saturated carbocycles. The Morgan fingerprint density at radius 1 is 1.06 bits per heavy atom. The summed E-state index contributed by atoms with van der Waals surface area (Å²) in [6, 6.07) is 7.50. The molecule has 1 N–H and O–H groups in total. The fraction of sp³-hybridized carbons (Fsp3) is 0.500. The second kappa shape index (κ2) is 10.3. The number of hydrogen-bond acceptors (Lipinski definition) is 7. The number of piperazine rings is 1. The van der Waals surface area contributed by atoms with E-state index in [0.717, 1.165) is 69.6 Å². The summed E-state index contributed by atoms with van der Waals surface area (Å²) < 4.78 is 5.34. The van der Waals surface area contributed by atoms with Crippen LogP contribution in [0, 0.1) is 0 Å². The van der Waals surface area contributed by atoms with E-state index in [1.54, 1.807) is 6.20 Å². The first kappa shape index (κ1) is 21.9. The molecule has 2 aromatic rings. The van der Waals surface area contributed by atoms with E-state index in [4.69, 9.17) is 4.74 Å². The molecule has 4 rings (SSSR count). The quantitative estimate of drug-likeness (QED) is 0.724. The summed E-state index contributed by atoms with van der Waals surface area (Å²) in [7, 11) is 2.07. The van der Waals surface area contributed by atoms with E-state index in [1.807, 2.05) is 29.2 Å². The molecular formula is C22H29N5O3S. The van der Waals surface area contributed by atoms with Crippen LogP contribution in [0.15, 0.2) is 30.5 Å². The normalized spacial score (nSPS) is 18.2. The van der Waals surface area contributed by atoms with Crippen LogP contribution in [-0.4, -0.2) is 104 Å². The molecule has 0 atom stereocenters. The minimum atomic E-state index is -0.0983. The van der Waals surface area contributed by atoms with Gasteiger partial charge in [-0.2, -0.15) is 0 Å². The summed E-state index contributed by atoms with van der Waals surface area (Å²) in [5.74, 6) is -0.0296. The number of morpholine rings is 1. The largest absolute Gasteiger partial charge is 0.379 e. The summed E-state index contributed by atoms with van der Waals surface area (Å²) in [5.41, 5.74) is 1.60. The molecule has 1 aromatic carbocycles. The molecule has 2 fully saturated rings. The maximum absolute atomic E-state index is 12.7. The van der Waals surface area contributed by atoms with Crippen LogP contribution in [0.2, 0.25) is 0 Å². The number of carbonyl (C=O) groups is 2. The zero-order valence-electron chi connectivity index (χ0n) is 17.9. The van der Waals surface area contributed by atoms with Gasteiger partial charge in [0.1, 0.15) is 9.88 Å². The molecule has 31 heavy (non-hydrogen) atoms. The van der Waals surface area contributed by atoms with Gasteiger partial charge in [0.05, 0.1) is 19.4 Å². The number of rotatable bonds is 6. The van der Waals surface area contributed by atoms with Crippen molar-refractivity contribution in [1.29, 1.82) is 0 Å². The first-order chi connectivity index (χ1) is 15.1. The number of nitrogens with zero attached hydrogens (tertiary/aromatic N) is 4. The molecule has 0 bridgehead atoms. The van der Waals surface area contributed by atoms with E-state index in [2.05, 4.69) is 27.1 Å². The number of carbonyl (C=O) groups excluding carboxylic acids is 2. The van der Waals surface area contributed by atoms with E-state index in [0.29, 0.717) is 17.0 Å². The molecule has 166 valence electrons. The van der Waals surface area contributed by atoms with Gasteiger partial charge < -0.3 is 19.9 Å². The summed E-state index contributed by atoms with van der Waals surface area (Å²) in [4.78, 5) is 36.5. The zero-order valence-corrected chi connectivity index (χ0v) is 18.7. The van der Waals surface area contributed by atoms with Gasteiger partial charge in [0, 0.05) is 63.5 Å². The minimum absolute atomic E-state index is 0.0686. The molecule has 9 heteroatoms.